The number of aromatic amines is 1. The van der Waals surface area contributed by atoms with Crippen LogP contribution in [0.1, 0.15) is 0 Å². The number of hydrogen-bond donors (Lipinski definition) is 2. The first-order chi connectivity index (χ1) is 10.1. The van der Waals surface area contributed by atoms with Crippen molar-refractivity contribution in [3.63, 3.8) is 0 Å². The standard InChI is InChI=1S/C14H13BrN2O4/c1-20-10-3-2-4-11(6-10)21-8-13(18)17-12-5-9(15)7-16-14(12)19/h2-7H,8H2,1H3,(H,16,19)(H,17,18). The van der Waals surface area contributed by atoms with E-state index < -0.39 is 5.91 Å². The third-order valence-corrected chi connectivity index (χ3v) is 3.01. The smallest absolute Gasteiger partial charge is 0.271 e. The molecule has 0 saturated heterocycles. The van der Waals surface area contributed by atoms with Gasteiger partial charge in [-0.25, -0.2) is 0 Å². The number of methoxy groups -OCH3 is 1. The maximum Gasteiger partial charge on any atom is 0.271 e. The lowest BCUT2D eigenvalue weighted by molar-refractivity contribution is -0.118. The Kier molecular flexibility index (Phi) is 4.99. The van der Waals surface area contributed by atoms with Crippen LogP contribution >= 0.6 is 15.9 Å². The molecule has 0 radical (unpaired) electrons. The second kappa shape index (κ2) is 6.94. The lowest BCUT2D eigenvalue weighted by Gasteiger charge is -2.08. The molecule has 0 aliphatic rings. The van der Waals surface area contributed by atoms with Crippen LogP contribution in [0.3, 0.4) is 0 Å². The van der Waals surface area contributed by atoms with E-state index in [1.807, 2.05) is 0 Å². The number of carbonyl (C=O) groups is 1. The highest BCUT2D eigenvalue weighted by Gasteiger charge is 2.07. The first-order valence-electron chi connectivity index (χ1n) is 6.03. The summed E-state index contributed by atoms with van der Waals surface area (Å²) < 4.78 is 11.1. The molecular formula is C14H13BrN2O4. The summed E-state index contributed by atoms with van der Waals surface area (Å²) in [6, 6.07) is 8.42. The number of hydrogen-bond acceptors (Lipinski definition) is 4. The molecule has 1 aromatic heterocycles. The molecule has 0 saturated carbocycles. The summed E-state index contributed by atoms with van der Waals surface area (Å²) in [6.45, 7) is -0.209. The zero-order valence-corrected chi connectivity index (χ0v) is 12.8. The molecular weight excluding hydrogens is 340 g/mol. The number of H-pyrrole nitrogens is 1. The van der Waals surface area contributed by atoms with Gasteiger partial charge >= 0.3 is 0 Å². The highest BCUT2D eigenvalue weighted by atomic mass is 79.9. The van der Waals surface area contributed by atoms with Gasteiger partial charge in [-0.15, -0.1) is 0 Å². The molecule has 0 aliphatic heterocycles. The van der Waals surface area contributed by atoms with Crippen molar-refractivity contribution in [3.8, 4) is 11.5 Å². The number of nitrogens with one attached hydrogen (secondary N) is 2. The molecule has 0 aliphatic carbocycles. The number of pyridine rings is 1. The van der Waals surface area contributed by atoms with E-state index in [4.69, 9.17) is 9.47 Å². The summed E-state index contributed by atoms with van der Waals surface area (Å²) in [4.78, 5) is 25.8. The molecule has 0 unspecified atom stereocenters. The number of ether oxygens (including phenoxy) is 2. The topological polar surface area (TPSA) is 80.4 Å². The number of carbonyl (C=O) groups excluding carboxylic acids is 1. The second-order valence-corrected chi connectivity index (χ2v) is 4.99. The molecule has 0 bridgehead atoms. The quantitative estimate of drug-likeness (QED) is 0.863. The second-order valence-electron chi connectivity index (χ2n) is 4.08. The van der Waals surface area contributed by atoms with E-state index in [0.717, 1.165) is 0 Å². The highest BCUT2D eigenvalue weighted by Crippen LogP contribution is 2.18. The maximum absolute atomic E-state index is 11.8. The van der Waals surface area contributed by atoms with Gasteiger partial charge in [-0.3, -0.25) is 9.59 Å². The van der Waals surface area contributed by atoms with Crippen molar-refractivity contribution in [3.05, 3.63) is 51.4 Å². The van der Waals surface area contributed by atoms with Gasteiger partial charge < -0.3 is 19.8 Å². The maximum atomic E-state index is 11.8. The molecule has 1 aromatic carbocycles. The van der Waals surface area contributed by atoms with E-state index in [2.05, 4.69) is 26.2 Å². The molecule has 1 heterocycles. The van der Waals surface area contributed by atoms with Crippen LogP contribution in [0.15, 0.2) is 45.8 Å². The third-order valence-electron chi connectivity index (χ3n) is 2.55. The minimum Gasteiger partial charge on any atom is -0.497 e. The third kappa shape index (κ3) is 4.35. The van der Waals surface area contributed by atoms with Gasteiger partial charge in [0.2, 0.25) is 0 Å². The Morgan fingerprint density at radius 1 is 1.33 bits per heavy atom. The Morgan fingerprint density at radius 3 is 2.86 bits per heavy atom. The van der Waals surface area contributed by atoms with Crippen molar-refractivity contribution < 1.29 is 14.3 Å². The van der Waals surface area contributed by atoms with Crippen molar-refractivity contribution in [2.24, 2.45) is 0 Å². The van der Waals surface area contributed by atoms with Crippen LogP contribution in [0.5, 0.6) is 11.5 Å². The fourth-order valence-electron chi connectivity index (χ4n) is 1.58. The van der Waals surface area contributed by atoms with E-state index in [0.29, 0.717) is 16.0 Å². The Morgan fingerprint density at radius 2 is 2.10 bits per heavy atom. The molecule has 2 aromatic rings. The van der Waals surface area contributed by atoms with Crippen LogP contribution in [0.25, 0.3) is 0 Å². The van der Waals surface area contributed by atoms with Gasteiger partial charge in [-0.1, -0.05) is 6.07 Å². The van der Waals surface area contributed by atoms with Crippen molar-refractivity contribution >= 4 is 27.5 Å². The monoisotopic (exact) mass is 352 g/mol. The summed E-state index contributed by atoms with van der Waals surface area (Å²) >= 11 is 3.21. The van der Waals surface area contributed by atoms with E-state index in [9.17, 15) is 9.59 Å². The number of anilines is 1. The number of benzene rings is 1. The van der Waals surface area contributed by atoms with Gasteiger partial charge in [0.1, 0.15) is 17.2 Å². The molecule has 0 fully saturated rings. The van der Waals surface area contributed by atoms with Crippen LogP contribution < -0.4 is 20.3 Å². The normalized spacial score (nSPS) is 10.0. The summed E-state index contributed by atoms with van der Waals surface area (Å²) in [7, 11) is 1.55. The van der Waals surface area contributed by atoms with Crippen LogP contribution in [0, 0.1) is 0 Å². The fourth-order valence-corrected chi connectivity index (χ4v) is 1.92. The van der Waals surface area contributed by atoms with Gasteiger partial charge in [0.15, 0.2) is 6.61 Å². The Labute approximate surface area is 129 Å². The van der Waals surface area contributed by atoms with Gasteiger partial charge in [-0.05, 0) is 34.1 Å². The Bertz CT molecular complexity index is 699. The first-order valence-corrected chi connectivity index (χ1v) is 6.83. The van der Waals surface area contributed by atoms with Crippen molar-refractivity contribution in [1.29, 1.82) is 0 Å². The number of rotatable bonds is 5. The van der Waals surface area contributed by atoms with Crippen LogP contribution in [0.2, 0.25) is 0 Å². The SMILES string of the molecule is COc1cccc(OCC(=O)Nc2cc(Br)c[nH]c2=O)c1. The largest absolute Gasteiger partial charge is 0.497 e. The average molecular weight is 353 g/mol. The van der Waals surface area contributed by atoms with Crippen LogP contribution in [0.4, 0.5) is 5.69 Å². The fraction of sp³-hybridized carbons (Fsp3) is 0.143. The van der Waals surface area contributed by atoms with Gasteiger partial charge in [0.25, 0.3) is 11.5 Å². The van der Waals surface area contributed by atoms with Gasteiger partial charge in [0.05, 0.1) is 7.11 Å². The molecule has 0 spiro atoms. The number of amides is 1. The molecule has 110 valence electrons. The summed E-state index contributed by atoms with van der Waals surface area (Å²) in [5.41, 5.74) is -0.225. The molecule has 0 atom stereocenters. The van der Waals surface area contributed by atoms with Crippen molar-refractivity contribution in [2.45, 2.75) is 0 Å². The molecule has 21 heavy (non-hydrogen) atoms. The summed E-state index contributed by atoms with van der Waals surface area (Å²) in [5.74, 6) is 0.713. The van der Waals surface area contributed by atoms with Crippen molar-refractivity contribution in [2.75, 3.05) is 19.0 Å². The zero-order valence-electron chi connectivity index (χ0n) is 11.2. The van der Waals surface area contributed by atoms with Crippen LogP contribution in [-0.2, 0) is 4.79 Å². The van der Waals surface area contributed by atoms with Crippen molar-refractivity contribution in [1.82, 2.24) is 4.98 Å². The predicted octanol–water partition coefficient (Wildman–Crippen LogP) is 2.16. The van der Waals surface area contributed by atoms with Crippen LogP contribution in [-0.4, -0.2) is 24.6 Å². The van der Waals surface area contributed by atoms with Gasteiger partial charge in [-0.2, -0.15) is 0 Å². The lowest BCUT2D eigenvalue weighted by atomic mass is 10.3. The number of halogens is 1. The number of aromatic nitrogens is 1. The average Bonchev–Trinajstić information content (AvgIpc) is 2.49. The molecule has 7 heteroatoms. The van der Waals surface area contributed by atoms with E-state index >= 15 is 0 Å². The first kappa shape index (κ1) is 15.1. The molecule has 6 nitrogen and oxygen atoms in total. The summed E-state index contributed by atoms with van der Waals surface area (Å²) in [5, 5.41) is 2.48. The zero-order chi connectivity index (χ0) is 15.2. The minimum absolute atomic E-state index is 0.156. The van der Waals surface area contributed by atoms with E-state index in [1.165, 1.54) is 12.3 Å². The highest BCUT2D eigenvalue weighted by molar-refractivity contribution is 9.10. The molecule has 2 rings (SSSR count). The summed E-state index contributed by atoms with van der Waals surface area (Å²) in [6.07, 6.45) is 1.49. The van der Waals surface area contributed by atoms with E-state index in [1.54, 1.807) is 31.4 Å². The molecule has 2 N–H and O–H groups in total. The Balaban J connectivity index is 1.95. The van der Waals surface area contributed by atoms with Gasteiger partial charge in [0, 0.05) is 16.7 Å². The lowest BCUT2D eigenvalue weighted by Crippen LogP contribution is -2.24. The predicted molar refractivity (Wildman–Crippen MR) is 81.9 cm³/mol. The molecule has 1 amide bonds. The minimum atomic E-state index is -0.429. The van der Waals surface area contributed by atoms with E-state index in [-0.39, 0.29) is 17.9 Å². The Hall–Kier alpha value is -2.28.